The number of nitrogens with zero attached hydrogens (tertiary/aromatic N) is 1. The fourth-order valence-electron chi connectivity index (χ4n) is 1.69. The number of rotatable bonds is 3. The highest BCUT2D eigenvalue weighted by Crippen LogP contribution is 2.28. The van der Waals surface area contributed by atoms with Gasteiger partial charge in [0.2, 0.25) is 5.88 Å². The molecule has 1 aromatic carbocycles. The molecule has 0 saturated carbocycles. The summed E-state index contributed by atoms with van der Waals surface area (Å²) in [4.78, 5) is 4.07. The van der Waals surface area contributed by atoms with Gasteiger partial charge in [0.05, 0.1) is 13.7 Å². The molecule has 0 bridgehead atoms. The lowest BCUT2D eigenvalue weighted by molar-refractivity contribution is 0.272. The van der Waals surface area contributed by atoms with E-state index in [4.69, 9.17) is 4.74 Å². The molecule has 0 amide bonds. The van der Waals surface area contributed by atoms with Gasteiger partial charge in [0.1, 0.15) is 0 Å². The highest BCUT2D eigenvalue weighted by molar-refractivity contribution is 5.68. The number of methoxy groups -OCH3 is 1. The van der Waals surface area contributed by atoms with Crippen LogP contribution in [0, 0.1) is 0 Å². The van der Waals surface area contributed by atoms with Crippen LogP contribution in [-0.2, 0) is 6.61 Å². The molecule has 3 nitrogen and oxygen atoms in total. The zero-order valence-electron chi connectivity index (χ0n) is 9.05. The summed E-state index contributed by atoms with van der Waals surface area (Å²) < 4.78 is 5.13. The van der Waals surface area contributed by atoms with Gasteiger partial charge in [0, 0.05) is 11.8 Å². The molecule has 82 valence electrons. The first-order valence-electron chi connectivity index (χ1n) is 5.05. The summed E-state index contributed by atoms with van der Waals surface area (Å²) in [7, 11) is 1.55. The third-order valence-corrected chi connectivity index (χ3v) is 2.45. The molecule has 0 fully saturated rings. The number of hydrogen-bond acceptors (Lipinski definition) is 3. The summed E-state index contributed by atoms with van der Waals surface area (Å²) in [6.45, 7) is -0.0821. The van der Waals surface area contributed by atoms with Crippen molar-refractivity contribution in [1.29, 1.82) is 0 Å². The number of aromatic nitrogens is 1. The molecule has 3 heteroatoms. The topological polar surface area (TPSA) is 42.4 Å². The highest BCUT2D eigenvalue weighted by Gasteiger charge is 2.10. The molecule has 0 aliphatic heterocycles. The Morgan fingerprint density at radius 2 is 1.94 bits per heavy atom. The van der Waals surface area contributed by atoms with Gasteiger partial charge in [-0.05, 0) is 17.2 Å². The van der Waals surface area contributed by atoms with Crippen molar-refractivity contribution in [2.45, 2.75) is 6.61 Å². The minimum atomic E-state index is -0.0821. The van der Waals surface area contributed by atoms with Crippen LogP contribution in [0.2, 0.25) is 0 Å². The maximum Gasteiger partial charge on any atom is 0.219 e. The van der Waals surface area contributed by atoms with E-state index < -0.39 is 0 Å². The van der Waals surface area contributed by atoms with Crippen LogP contribution in [0.4, 0.5) is 0 Å². The summed E-state index contributed by atoms with van der Waals surface area (Å²) in [5.74, 6) is 0.476. The van der Waals surface area contributed by atoms with Crippen LogP contribution in [0.25, 0.3) is 11.1 Å². The molecule has 0 saturated heterocycles. The van der Waals surface area contributed by atoms with Gasteiger partial charge in [-0.15, -0.1) is 0 Å². The van der Waals surface area contributed by atoms with E-state index in [2.05, 4.69) is 4.98 Å². The largest absolute Gasteiger partial charge is 0.481 e. The Hall–Kier alpha value is -1.87. The minimum absolute atomic E-state index is 0.0821. The molecular formula is C13H13NO2. The van der Waals surface area contributed by atoms with Crippen molar-refractivity contribution >= 4 is 0 Å². The number of pyridine rings is 1. The molecule has 2 rings (SSSR count). The molecule has 0 atom stereocenters. The summed E-state index contributed by atoms with van der Waals surface area (Å²) in [6.07, 6.45) is 1.68. The highest BCUT2D eigenvalue weighted by atomic mass is 16.5. The van der Waals surface area contributed by atoms with Crippen LogP contribution in [-0.4, -0.2) is 17.2 Å². The number of hydrogen-bond donors (Lipinski definition) is 1. The lowest BCUT2D eigenvalue weighted by atomic mass is 10.0. The normalized spacial score (nSPS) is 10.1. The third-order valence-electron chi connectivity index (χ3n) is 2.45. The van der Waals surface area contributed by atoms with Crippen LogP contribution in [0.3, 0.4) is 0 Å². The third kappa shape index (κ3) is 1.90. The summed E-state index contributed by atoms with van der Waals surface area (Å²) in [5.41, 5.74) is 2.72. The summed E-state index contributed by atoms with van der Waals surface area (Å²) >= 11 is 0. The number of ether oxygens (including phenoxy) is 1. The molecule has 1 N–H and O–H groups in total. The number of aliphatic hydroxyl groups is 1. The molecule has 0 aliphatic rings. The van der Waals surface area contributed by atoms with Gasteiger partial charge in [-0.25, -0.2) is 4.98 Å². The van der Waals surface area contributed by atoms with Crippen molar-refractivity contribution in [3.8, 4) is 17.0 Å². The van der Waals surface area contributed by atoms with E-state index in [1.54, 1.807) is 13.3 Å². The predicted octanol–water partition coefficient (Wildman–Crippen LogP) is 2.25. The van der Waals surface area contributed by atoms with E-state index in [0.717, 1.165) is 16.7 Å². The van der Waals surface area contributed by atoms with Gasteiger partial charge in [0.15, 0.2) is 0 Å². The van der Waals surface area contributed by atoms with Crippen LogP contribution < -0.4 is 4.74 Å². The second-order valence-corrected chi connectivity index (χ2v) is 3.37. The van der Waals surface area contributed by atoms with Crippen LogP contribution >= 0.6 is 0 Å². The predicted molar refractivity (Wildman–Crippen MR) is 62.1 cm³/mol. The molecule has 2 aromatic rings. The van der Waals surface area contributed by atoms with Crippen molar-refractivity contribution in [3.63, 3.8) is 0 Å². The van der Waals surface area contributed by atoms with Crippen molar-refractivity contribution in [2.24, 2.45) is 0 Å². The SMILES string of the molecule is COc1nccc(-c2ccccc2)c1CO. The standard InChI is InChI=1S/C13H13NO2/c1-16-13-12(9-15)11(7-8-14-13)10-5-3-2-4-6-10/h2-8,15H,9H2,1H3. The Labute approximate surface area is 94.3 Å². The Balaban J connectivity index is 2.57. The summed E-state index contributed by atoms with van der Waals surface area (Å²) in [5, 5.41) is 9.37. The molecule has 1 heterocycles. The molecule has 0 spiro atoms. The minimum Gasteiger partial charge on any atom is -0.481 e. The average molecular weight is 215 g/mol. The second kappa shape index (κ2) is 4.77. The van der Waals surface area contributed by atoms with Gasteiger partial charge in [-0.1, -0.05) is 30.3 Å². The van der Waals surface area contributed by atoms with E-state index in [1.165, 1.54) is 0 Å². The van der Waals surface area contributed by atoms with Gasteiger partial charge in [0.25, 0.3) is 0 Å². The van der Waals surface area contributed by atoms with Crippen molar-refractivity contribution < 1.29 is 9.84 Å². The first-order chi connectivity index (χ1) is 7.86. The van der Waals surface area contributed by atoms with Gasteiger partial charge in [-0.3, -0.25) is 0 Å². The quantitative estimate of drug-likeness (QED) is 0.853. The Bertz CT molecular complexity index is 469. The van der Waals surface area contributed by atoms with Crippen molar-refractivity contribution in [1.82, 2.24) is 4.98 Å². The van der Waals surface area contributed by atoms with Crippen molar-refractivity contribution in [2.75, 3.05) is 7.11 Å². The average Bonchev–Trinajstić information content (AvgIpc) is 2.38. The number of aliphatic hydroxyl groups excluding tert-OH is 1. The lowest BCUT2D eigenvalue weighted by Crippen LogP contribution is -1.97. The summed E-state index contributed by atoms with van der Waals surface area (Å²) in [6, 6.07) is 11.7. The van der Waals surface area contributed by atoms with E-state index in [1.807, 2.05) is 36.4 Å². The first-order valence-corrected chi connectivity index (χ1v) is 5.05. The van der Waals surface area contributed by atoms with Crippen LogP contribution in [0.5, 0.6) is 5.88 Å². The smallest absolute Gasteiger partial charge is 0.219 e. The number of benzene rings is 1. The fourth-order valence-corrected chi connectivity index (χ4v) is 1.69. The molecule has 16 heavy (non-hydrogen) atoms. The monoisotopic (exact) mass is 215 g/mol. The van der Waals surface area contributed by atoms with Gasteiger partial charge >= 0.3 is 0 Å². The molecule has 0 radical (unpaired) electrons. The lowest BCUT2D eigenvalue weighted by Gasteiger charge is -2.10. The van der Waals surface area contributed by atoms with Gasteiger partial charge < -0.3 is 9.84 Å². The Kier molecular flexibility index (Phi) is 3.17. The van der Waals surface area contributed by atoms with Gasteiger partial charge in [-0.2, -0.15) is 0 Å². The van der Waals surface area contributed by atoms with Crippen LogP contribution in [0.1, 0.15) is 5.56 Å². The van der Waals surface area contributed by atoms with E-state index in [9.17, 15) is 5.11 Å². The van der Waals surface area contributed by atoms with Crippen molar-refractivity contribution in [3.05, 3.63) is 48.2 Å². The van der Waals surface area contributed by atoms with E-state index in [0.29, 0.717) is 5.88 Å². The zero-order valence-corrected chi connectivity index (χ0v) is 9.05. The Morgan fingerprint density at radius 1 is 1.19 bits per heavy atom. The molecule has 0 aliphatic carbocycles. The fraction of sp³-hybridized carbons (Fsp3) is 0.154. The Morgan fingerprint density at radius 3 is 2.56 bits per heavy atom. The molecular weight excluding hydrogens is 202 g/mol. The first kappa shape index (κ1) is 10.6. The molecule has 1 aromatic heterocycles. The van der Waals surface area contributed by atoms with E-state index >= 15 is 0 Å². The van der Waals surface area contributed by atoms with Crippen LogP contribution in [0.15, 0.2) is 42.6 Å². The second-order valence-electron chi connectivity index (χ2n) is 3.37. The molecule has 0 unspecified atom stereocenters. The maximum atomic E-state index is 9.37. The zero-order chi connectivity index (χ0) is 11.4. The maximum absolute atomic E-state index is 9.37. The van der Waals surface area contributed by atoms with E-state index in [-0.39, 0.29) is 6.61 Å².